The number of halogens is 1. The normalized spacial score (nSPS) is 9.85. The maximum absolute atomic E-state index is 11.6. The maximum Gasteiger partial charge on any atom is 0.347 e. The Morgan fingerprint density at radius 2 is 1.30 bits per heavy atom. The molecule has 0 atom stereocenters. The molecule has 0 aliphatic rings. The van der Waals surface area contributed by atoms with Gasteiger partial charge in [-0.3, -0.25) is 14.4 Å². The number of aryl methyl sites for hydroxylation is 1. The van der Waals surface area contributed by atoms with Crippen LogP contribution in [0.25, 0.3) is 0 Å². The highest BCUT2D eigenvalue weighted by atomic mass is 35.5. The smallest absolute Gasteiger partial charge is 0.347 e. The van der Waals surface area contributed by atoms with E-state index in [0.29, 0.717) is 12.2 Å². The third-order valence-electron chi connectivity index (χ3n) is 3.79. The number of carboxylic acids is 4. The van der Waals surface area contributed by atoms with Gasteiger partial charge >= 0.3 is 45.9 Å². The molecule has 4 N–H and O–H groups in total. The van der Waals surface area contributed by atoms with Crippen LogP contribution >= 0.6 is 12.4 Å². The van der Waals surface area contributed by atoms with Crippen LogP contribution in [-0.4, -0.2) is 64.7 Å². The number of hydrogen-bond acceptors (Lipinski definition) is 10. The summed E-state index contributed by atoms with van der Waals surface area (Å²) >= 11 is 0. The zero-order valence-corrected chi connectivity index (χ0v) is 22.5. The first-order valence-corrected chi connectivity index (χ1v) is 11.9. The number of para-hydroxylation sites is 1. The van der Waals surface area contributed by atoms with Crippen LogP contribution < -0.4 is 4.74 Å². The van der Waals surface area contributed by atoms with Crippen LogP contribution in [0.4, 0.5) is 0 Å². The summed E-state index contributed by atoms with van der Waals surface area (Å²) < 4.78 is 32.0. The van der Waals surface area contributed by atoms with Crippen molar-refractivity contribution in [1.82, 2.24) is 0 Å². The average molecular weight is 605 g/mol. The number of benzene rings is 2. The van der Waals surface area contributed by atoms with Gasteiger partial charge in [0.2, 0.25) is 0 Å². The number of hydrogen-bond donors (Lipinski definition) is 4. The van der Waals surface area contributed by atoms with E-state index in [2.05, 4.69) is 8.92 Å². The highest BCUT2D eigenvalue weighted by molar-refractivity contribution is 7.87. The van der Waals surface area contributed by atoms with Gasteiger partial charge in [-0.15, -0.1) is 12.4 Å². The van der Waals surface area contributed by atoms with E-state index in [-0.39, 0.29) is 41.5 Å². The molecule has 2 rings (SSSR count). The Bertz CT molecular complexity index is 1320. The van der Waals surface area contributed by atoms with Gasteiger partial charge in [0.25, 0.3) is 0 Å². The fourth-order valence-electron chi connectivity index (χ4n) is 2.13. The minimum Gasteiger partial charge on any atom is -0.481 e. The summed E-state index contributed by atoms with van der Waals surface area (Å²) in [5.41, 5.74) is 0.837. The lowest BCUT2D eigenvalue weighted by Gasteiger charge is -2.03. The van der Waals surface area contributed by atoms with Crippen molar-refractivity contribution in [3.05, 3.63) is 71.8 Å². The predicted octanol–water partition coefficient (Wildman–Crippen LogP) is 2.54. The fraction of sp³-hybridized carbons (Fsp3) is 0.167. The van der Waals surface area contributed by atoms with E-state index in [1.54, 1.807) is 31.2 Å². The largest absolute Gasteiger partial charge is 0.481 e. The lowest BCUT2D eigenvalue weighted by Crippen LogP contribution is -2.11. The number of carbonyl (C=O) groups is 6. The van der Waals surface area contributed by atoms with Gasteiger partial charge in [-0.2, -0.15) is 8.42 Å². The lowest BCUT2D eigenvalue weighted by molar-refractivity contribution is -0.143. The first-order chi connectivity index (χ1) is 18.0. The van der Waals surface area contributed by atoms with Gasteiger partial charge in [0.15, 0.2) is 0 Å². The van der Waals surface area contributed by atoms with Crippen molar-refractivity contribution in [1.29, 1.82) is 0 Å². The molecule has 14 nitrogen and oxygen atoms in total. The van der Waals surface area contributed by atoms with E-state index < -0.39 is 45.9 Å². The molecule has 0 unspecified atom stereocenters. The Kier molecular flexibility index (Phi) is 17.3. The molecule has 0 saturated carbocycles. The number of aliphatic carboxylic acids is 3. The summed E-state index contributed by atoms with van der Waals surface area (Å²) in [7, 11) is -4.22. The molecule has 40 heavy (non-hydrogen) atoms. The number of aromatic carboxylic acids is 1. The van der Waals surface area contributed by atoms with Gasteiger partial charge < -0.3 is 29.3 Å². The van der Waals surface area contributed by atoms with Crippen molar-refractivity contribution < 1.29 is 66.5 Å². The topological polar surface area (TPSA) is 236 Å². The standard InChI is InChI=1S/C11H10O6S.C9H8O4.C4H6O4.ClH/c1-8-2-4-9(5-3-8)18(15,16)17-11(14)7-6-10(12)13;1-6(10)13-8-5-3-2-4-7(8)9(11)12;5-3(6)1-2-4(7)8;/h2-7H,1H3,(H,12,13);2-5H,1H3,(H,11,12);1-2H2,(H,5,6)(H,7,8);1H/b7-6-;;;. The first-order valence-electron chi connectivity index (χ1n) is 10.5. The van der Waals surface area contributed by atoms with Crippen LogP contribution in [0.5, 0.6) is 5.75 Å². The number of carbonyl (C=O) groups excluding carboxylic acids is 2. The molecule has 0 fully saturated rings. The third-order valence-corrected chi connectivity index (χ3v) is 5.02. The molecule has 16 heteroatoms. The lowest BCUT2D eigenvalue weighted by atomic mass is 10.2. The Morgan fingerprint density at radius 3 is 1.73 bits per heavy atom. The molecule has 0 radical (unpaired) electrons. The fourth-order valence-corrected chi connectivity index (χ4v) is 2.97. The van der Waals surface area contributed by atoms with Crippen LogP contribution in [-0.2, 0) is 38.3 Å². The molecule has 0 aromatic heterocycles. The van der Waals surface area contributed by atoms with Crippen LogP contribution in [0, 0.1) is 6.92 Å². The molecule has 2 aromatic carbocycles. The van der Waals surface area contributed by atoms with Crippen molar-refractivity contribution in [2.24, 2.45) is 0 Å². The van der Waals surface area contributed by atoms with Gasteiger partial charge in [0.1, 0.15) is 16.2 Å². The zero-order chi connectivity index (χ0) is 30.2. The van der Waals surface area contributed by atoms with Crippen LogP contribution in [0.2, 0.25) is 0 Å². The number of ether oxygens (including phenoxy) is 1. The SMILES string of the molecule is CC(=O)Oc1ccccc1C(=O)O.Cc1ccc(S(=O)(=O)OC(=O)/C=C\C(=O)O)cc1.Cl.O=C(O)CCC(=O)O. The van der Waals surface area contributed by atoms with E-state index in [1.807, 2.05) is 0 Å². The van der Waals surface area contributed by atoms with Crippen molar-refractivity contribution in [3.8, 4) is 5.75 Å². The number of rotatable bonds is 9. The summed E-state index contributed by atoms with van der Waals surface area (Å²) in [6.45, 7) is 3.00. The molecule has 0 heterocycles. The van der Waals surface area contributed by atoms with Crippen molar-refractivity contribution in [3.63, 3.8) is 0 Å². The Balaban J connectivity index is 0. The number of carboxylic acid groups (broad SMARTS) is 4. The van der Waals surface area contributed by atoms with E-state index in [4.69, 9.17) is 20.4 Å². The van der Waals surface area contributed by atoms with Gasteiger partial charge in [-0.25, -0.2) is 14.4 Å². The second-order valence-corrected chi connectivity index (χ2v) is 8.57. The summed E-state index contributed by atoms with van der Waals surface area (Å²) in [6.07, 6.45) is 0.422. The van der Waals surface area contributed by atoms with Crippen molar-refractivity contribution in [2.75, 3.05) is 0 Å². The first kappa shape index (κ1) is 37.4. The summed E-state index contributed by atoms with van der Waals surface area (Å²) in [4.78, 5) is 61.5. The Morgan fingerprint density at radius 1 is 0.800 bits per heavy atom. The van der Waals surface area contributed by atoms with Gasteiger partial charge in [0, 0.05) is 19.1 Å². The second kappa shape index (κ2) is 18.5. The molecule has 0 aliphatic carbocycles. The average Bonchev–Trinajstić information content (AvgIpc) is 2.82. The zero-order valence-electron chi connectivity index (χ0n) is 20.9. The van der Waals surface area contributed by atoms with E-state index in [9.17, 15) is 37.2 Å². The van der Waals surface area contributed by atoms with Gasteiger partial charge in [-0.05, 0) is 31.2 Å². The van der Waals surface area contributed by atoms with Gasteiger partial charge in [-0.1, -0.05) is 29.8 Å². The van der Waals surface area contributed by atoms with E-state index >= 15 is 0 Å². The highest BCUT2D eigenvalue weighted by Gasteiger charge is 2.18. The summed E-state index contributed by atoms with van der Waals surface area (Å²) in [5.74, 6) is -6.37. The minimum absolute atomic E-state index is 0. The van der Waals surface area contributed by atoms with Crippen molar-refractivity contribution in [2.45, 2.75) is 31.6 Å². The third kappa shape index (κ3) is 16.9. The molecule has 0 spiro atoms. The molecule has 0 bridgehead atoms. The molecule has 0 aliphatic heterocycles. The number of esters is 1. The quantitative estimate of drug-likeness (QED) is 0.139. The minimum atomic E-state index is -4.22. The predicted molar refractivity (Wildman–Crippen MR) is 138 cm³/mol. The molecular formula is C24H25ClO14S. The summed E-state index contributed by atoms with van der Waals surface area (Å²) in [6, 6.07) is 11.7. The molecule has 0 amide bonds. The van der Waals surface area contributed by atoms with E-state index in [1.165, 1.54) is 31.2 Å². The van der Waals surface area contributed by atoms with Crippen molar-refractivity contribution >= 4 is 58.3 Å². The Hall–Kier alpha value is -4.76. The van der Waals surface area contributed by atoms with Gasteiger partial charge in [0.05, 0.1) is 12.8 Å². The molecule has 0 saturated heterocycles. The maximum atomic E-state index is 11.6. The van der Waals surface area contributed by atoms with Crippen LogP contribution in [0.15, 0.2) is 65.6 Å². The van der Waals surface area contributed by atoms with E-state index in [0.717, 1.165) is 5.56 Å². The highest BCUT2D eigenvalue weighted by Crippen LogP contribution is 2.17. The second-order valence-electron chi connectivity index (χ2n) is 7.02. The van der Waals surface area contributed by atoms with Crippen LogP contribution in [0.1, 0.15) is 35.7 Å². The summed E-state index contributed by atoms with van der Waals surface area (Å²) in [5, 5.41) is 32.7. The monoisotopic (exact) mass is 604 g/mol. The molecule has 2 aromatic rings. The molecule has 218 valence electrons. The Labute approximate surface area is 234 Å². The van der Waals surface area contributed by atoms with Crippen LogP contribution in [0.3, 0.4) is 0 Å². The molecular weight excluding hydrogens is 580 g/mol.